The summed E-state index contributed by atoms with van der Waals surface area (Å²) < 4.78 is 5.46. The van der Waals surface area contributed by atoms with E-state index in [4.69, 9.17) is 4.74 Å². The minimum atomic E-state index is -0.108. The van der Waals surface area contributed by atoms with Gasteiger partial charge in [-0.25, -0.2) is 4.79 Å². The van der Waals surface area contributed by atoms with Crippen molar-refractivity contribution in [3.63, 3.8) is 0 Å². The molecular formula is C11H20N2O2. The first kappa shape index (κ1) is 10.7. The summed E-state index contributed by atoms with van der Waals surface area (Å²) in [6, 6.07) is 0. The highest BCUT2D eigenvalue weighted by atomic mass is 16.6. The Balaban J connectivity index is 1.74. The van der Waals surface area contributed by atoms with E-state index in [-0.39, 0.29) is 12.2 Å². The molecule has 0 saturated carbocycles. The van der Waals surface area contributed by atoms with Crippen molar-refractivity contribution >= 4 is 6.09 Å². The molecule has 1 N–H and O–H groups in total. The second kappa shape index (κ2) is 5.35. The summed E-state index contributed by atoms with van der Waals surface area (Å²) in [5.74, 6) is 0. The Morgan fingerprint density at radius 3 is 2.67 bits per heavy atom. The number of likely N-dealkylation sites (tertiary alicyclic amines) is 1. The van der Waals surface area contributed by atoms with Crippen LogP contribution >= 0.6 is 0 Å². The van der Waals surface area contributed by atoms with Crippen LogP contribution in [0.25, 0.3) is 0 Å². The van der Waals surface area contributed by atoms with Crippen molar-refractivity contribution in [3.8, 4) is 0 Å². The van der Waals surface area contributed by atoms with E-state index in [0.29, 0.717) is 0 Å². The zero-order valence-corrected chi connectivity index (χ0v) is 9.21. The number of carbonyl (C=O) groups excluding carboxylic acids is 1. The lowest BCUT2D eigenvalue weighted by Gasteiger charge is -2.29. The number of ether oxygens (including phenoxy) is 1. The summed E-state index contributed by atoms with van der Waals surface area (Å²) in [5.41, 5.74) is 0. The van der Waals surface area contributed by atoms with E-state index >= 15 is 0 Å². The van der Waals surface area contributed by atoms with Crippen molar-refractivity contribution < 1.29 is 9.53 Å². The van der Waals surface area contributed by atoms with E-state index < -0.39 is 0 Å². The SMILES string of the molecule is O=C(OC1CCCNC1)N1CCCCC1. The Labute approximate surface area is 91.0 Å². The molecule has 2 rings (SSSR count). The second-order valence-corrected chi connectivity index (χ2v) is 4.40. The maximum Gasteiger partial charge on any atom is 0.410 e. The summed E-state index contributed by atoms with van der Waals surface area (Å²) in [6.07, 6.45) is 5.59. The van der Waals surface area contributed by atoms with Crippen LogP contribution in [0, 0.1) is 0 Å². The van der Waals surface area contributed by atoms with Crippen LogP contribution in [0.15, 0.2) is 0 Å². The maximum absolute atomic E-state index is 11.7. The van der Waals surface area contributed by atoms with E-state index in [9.17, 15) is 4.79 Å². The predicted molar refractivity (Wildman–Crippen MR) is 57.8 cm³/mol. The molecule has 0 bridgehead atoms. The number of piperidine rings is 2. The van der Waals surface area contributed by atoms with E-state index in [0.717, 1.165) is 51.9 Å². The van der Waals surface area contributed by atoms with Gasteiger partial charge < -0.3 is 15.0 Å². The van der Waals surface area contributed by atoms with Crippen molar-refractivity contribution in [2.45, 2.75) is 38.2 Å². The van der Waals surface area contributed by atoms with E-state index in [1.54, 1.807) is 0 Å². The van der Waals surface area contributed by atoms with Crippen molar-refractivity contribution in [2.24, 2.45) is 0 Å². The monoisotopic (exact) mass is 212 g/mol. The lowest BCUT2D eigenvalue weighted by atomic mass is 10.1. The van der Waals surface area contributed by atoms with Gasteiger partial charge in [0, 0.05) is 19.6 Å². The molecular weight excluding hydrogens is 192 g/mol. The zero-order valence-electron chi connectivity index (χ0n) is 9.21. The molecule has 1 atom stereocenters. The van der Waals surface area contributed by atoms with Gasteiger partial charge in [0.1, 0.15) is 6.10 Å². The zero-order chi connectivity index (χ0) is 10.5. The summed E-state index contributed by atoms with van der Waals surface area (Å²) in [5, 5.41) is 3.25. The molecule has 15 heavy (non-hydrogen) atoms. The molecule has 2 aliphatic heterocycles. The molecule has 4 heteroatoms. The van der Waals surface area contributed by atoms with Gasteiger partial charge in [0.05, 0.1) is 0 Å². The standard InChI is InChI=1S/C11H20N2O2/c14-11(13-7-2-1-3-8-13)15-10-5-4-6-12-9-10/h10,12H,1-9H2. The molecule has 0 aromatic heterocycles. The minimum absolute atomic E-state index is 0.0909. The van der Waals surface area contributed by atoms with Gasteiger partial charge in [-0.1, -0.05) is 0 Å². The van der Waals surface area contributed by atoms with Crippen LogP contribution in [0.2, 0.25) is 0 Å². The summed E-state index contributed by atoms with van der Waals surface area (Å²) in [4.78, 5) is 13.6. The van der Waals surface area contributed by atoms with Crippen LogP contribution in [-0.4, -0.2) is 43.3 Å². The average Bonchev–Trinajstić information content (AvgIpc) is 2.31. The van der Waals surface area contributed by atoms with Crippen LogP contribution in [0.1, 0.15) is 32.1 Å². The van der Waals surface area contributed by atoms with Crippen LogP contribution in [0.4, 0.5) is 4.79 Å². The molecule has 0 radical (unpaired) electrons. The average molecular weight is 212 g/mol. The minimum Gasteiger partial charge on any atom is -0.445 e. The van der Waals surface area contributed by atoms with Gasteiger partial charge >= 0.3 is 6.09 Å². The molecule has 4 nitrogen and oxygen atoms in total. The van der Waals surface area contributed by atoms with E-state index in [1.807, 2.05) is 4.90 Å². The number of hydrogen-bond acceptors (Lipinski definition) is 3. The van der Waals surface area contributed by atoms with E-state index in [1.165, 1.54) is 6.42 Å². The summed E-state index contributed by atoms with van der Waals surface area (Å²) in [6.45, 7) is 3.62. The quantitative estimate of drug-likeness (QED) is 0.713. The largest absolute Gasteiger partial charge is 0.445 e. The number of hydrogen-bond donors (Lipinski definition) is 1. The molecule has 0 aromatic carbocycles. The number of nitrogens with one attached hydrogen (secondary N) is 1. The maximum atomic E-state index is 11.7. The van der Waals surface area contributed by atoms with Crippen LogP contribution < -0.4 is 5.32 Å². The highest BCUT2D eigenvalue weighted by Crippen LogP contribution is 2.13. The molecule has 0 aliphatic carbocycles. The topological polar surface area (TPSA) is 41.6 Å². The molecule has 0 spiro atoms. The van der Waals surface area contributed by atoms with Gasteiger partial charge in [0.15, 0.2) is 0 Å². The van der Waals surface area contributed by atoms with Crippen LogP contribution in [0.3, 0.4) is 0 Å². The fraction of sp³-hybridized carbons (Fsp3) is 0.909. The number of amides is 1. The Kier molecular flexibility index (Phi) is 3.83. The summed E-state index contributed by atoms with van der Waals surface area (Å²) in [7, 11) is 0. The third-order valence-electron chi connectivity index (χ3n) is 3.13. The lowest BCUT2D eigenvalue weighted by Crippen LogP contribution is -2.42. The third-order valence-corrected chi connectivity index (χ3v) is 3.13. The van der Waals surface area contributed by atoms with Crippen LogP contribution in [-0.2, 0) is 4.74 Å². The van der Waals surface area contributed by atoms with Crippen molar-refractivity contribution in [2.75, 3.05) is 26.2 Å². The van der Waals surface area contributed by atoms with Gasteiger partial charge in [-0.2, -0.15) is 0 Å². The molecule has 1 amide bonds. The van der Waals surface area contributed by atoms with E-state index in [2.05, 4.69) is 5.32 Å². The second-order valence-electron chi connectivity index (χ2n) is 4.40. The van der Waals surface area contributed by atoms with Crippen molar-refractivity contribution in [1.82, 2.24) is 10.2 Å². The Morgan fingerprint density at radius 2 is 2.00 bits per heavy atom. The Morgan fingerprint density at radius 1 is 1.20 bits per heavy atom. The van der Waals surface area contributed by atoms with Gasteiger partial charge in [-0.15, -0.1) is 0 Å². The van der Waals surface area contributed by atoms with Crippen LogP contribution in [0.5, 0.6) is 0 Å². The first-order valence-electron chi connectivity index (χ1n) is 6.02. The third kappa shape index (κ3) is 3.09. The van der Waals surface area contributed by atoms with Crippen molar-refractivity contribution in [1.29, 1.82) is 0 Å². The normalized spacial score (nSPS) is 27.5. The van der Waals surface area contributed by atoms with Crippen molar-refractivity contribution in [3.05, 3.63) is 0 Å². The Bertz CT molecular complexity index is 209. The molecule has 0 aromatic rings. The van der Waals surface area contributed by atoms with Gasteiger partial charge in [-0.05, 0) is 38.6 Å². The molecule has 2 heterocycles. The summed E-state index contributed by atoms with van der Waals surface area (Å²) >= 11 is 0. The highest BCUT2D eigenvalue weighted by Gasteiger charge is 2.22. The predicted octanol–water partition coefficient (Wildman–Crippen LogP) is 1.36. The number of nitrogens with zero attached hydrogens (tertiary/aromatic N) is 1. The molecule has 2 fully saturated rings. The molecule has 2 saturated heterocycles. The first-order valence-corrected chi connectivity index (χ1v) is 6.02. The molecule has 86 valence electrons. The number of rotatable bonds is 1. The number of carbonyl (C=O) groups is 1. The molecule has 1 unspecified atom stereocenters. The van der Waals surface area contributed by atoms with Gasteiger partial charge in [-0.3, -0.25) is 0 Å². The molecule has 2 aliphatic rings. The van der Waals surface area contributed by atoms with Gasteiger partial charge in [0.2, 0.25) is 0 Å². The Hall–Kier alpha value is -0.770. The lowest BCUT2D eigenvalue weighted by molar-refractivity contribution is 0.0474. The first-order chi connectivity index (χ1) is 7.36. The fourth-order valence-electron chi connectivity index (χ4n) is 2.21. The van der Waals surface area contributed by atoms with Gasteiger partial charge in [0.25, 0.3) is 0 Å². The highest BCUT2D eigenvalue weighted by molar-refractivity contribution is 5.67. The fourth-order valence-corrected chi connectivity index (χ4v) is 2.21. The smallest absolute Gasteiger partial charge is 0.410 e.